The summed E-state index contributed by atoms with van der Waals surface area (Å²) in [6.07, 6.45) is 0.453. The molecule has 4 nitrogen and oxygen atoms in total. The summed E-state index contributed by atoms with van der Waals surface area (Å²) in [6.45, 7) is 4.54. The Hall–Kier alpha value is -0.610. The third kappa shape index (κ3) is 2.79. The van der Waals surface area contributed by atoms with E-state index in [2.05, 4.69) is 5.32 Å². The summed E-state index contributed by atoms with van der Waals surface area (Å²) in [4.78, 5) is 12.9. The first kappa shape index (κ1) is 9.48. The van der Waals surface area contributed by atoms with Crippen molar-refractivity contribution in [3.8, 4) is 0 Å². The smallest absolute Gasteiger partial charge is 0.234 e. The summed E-state index contributed by atoms with van der Waals surface area (Å²) in [5.41, 5.74) is 0. The Labute approximate surface area is 72.6 Å². The van der Waals surface area contributed by atoms with Gasteiger partial charge in [-0.1, -0.05) is 6.92 Å². The van der Waals surface area contributed by atoms with Crippen LogP contribution >= 0.6 is 0 Å². The van der Waals surface area contributed by atoms with Crippen LogP contribution in [0.5, 0.6) is 0 Å². The normalized spacial score (nSPS) is 22.0. The fourth-order valence-electron chi connectivity index (χ4n) is 1.27. The monoisotopic (exact) mass is 172 g/mol. The van der Waals surface area contributed by atoms with Gasteiger partial charge in [0.15, 0.2) is 0 Å². The minimum Gasteiger partial charge on any atom is -0.392 e. The van der Waals surface area contributed by atoms with Gasteiger partial charge in [-0.15, -0.1) is 0 Å². The minimum absolute atomic E-state index is 0.0598. The van der Waals surface area contributed by atoms with Crippen LogP contribution in [0.25, 0.3) is 0 Å². The van der Waals surface area contributed by atoms with Crippen LogP contribution in [0.15, 0.2) is 0 Å². The number of carbonyl (C=O) groups is 1. The molecule has 0 aromatic carbocycles. The predicted octanol–water partition coefficient (Wildman–Crippen LogP) is -0.811. The van der Waals surface area contributed by atoms with Gasteiger partial charge in [0, 0.05) is 19.6 Å². The van der Waals surface area contributed by atoms with E-state index in [1.165, 1.54) is 0 Å². The number of carbonyl (C=O) groups excluding carboxylic acids is 1. The average Bonchev–Trinajstić information content (AvgIpc) is 2.04. The Bertz CT molecular complexity index is 161. The zero-order valence-corrected chi connectivity index (χ0v) is 7.42. The highest BCUT2D eigenvalue weighted by Crippen LogP contribution is 1.98. The van der Waals surface area contributed by atoms with E-state index < -0.39 is 0 Å². The lowest BCUT2D eigenvalue weighted by Crippen LogP contribution is -2.49. The van der Waals surface area contributed by atoms with Gasteiger partial charge >= 0.3 is 0 Å². The second-order valence-corrected chi connectivity index (χ2v) is 3.15. The van der Waals surface area contributed by atoms with Crippen LogP contribution in [0.4, 0.5) is 0 Å². The summed E-state index contributed by atoms with van der Waals surface area (Å²) in [5.74, 6) is 0.0598. The van der Waals surface area contributed by atoms with Crippen molar-refractivity contribution in [2.45, 2.75) is 19.4 Å². The first-order valence-corrected chi connectivity index (χ1v) is 4.39. The van der Waals surface area contributed by atoms with Crippen molar-refractivity contribution in [2.24, 2.45) is 0 Å². The third-order valence-electron chi connectivity index (χ3n) is 2.06. The van der Waals surface area contributed by atoms with Gasteiger partial charge in [-0.25, -0.2) is 0 Å². The molecule has 4 heteroatoms. The molecule has 1 fully saturated rings. The van der Waals surface area contributed by atoms with Crippen molar-refractivity contribution in [3.05, 3.63) is 0 Å². The number of hydrogen-bond donors (Lipinski definition) is 2. The molecule has 1 rings (SSSR count). The van der Waals surface area contributed by atoms with Crippen LogP contribution in [-0.2, 0) is 4.79 Å². The van der Waals surface area contributed by atoms with Crippen LogP contribution in [0.1, 0.15) is 13.3 Å². The highest BCUT2D eigenvalue weighted by molar-refractivity contribution is 5.78. The maximum atomic E-state index is 10.9. The Morgan fingerprint density at radius 2 is 2.50 bits per heavy atom. The lowest BCUT2D eigenvalue weighted by Gasteiger charge is -2.27. The first-order valence-electron chi connectivity index (χ1n) is 4.39. The molecule has 0 aliphatic carbocycles. The van der Waals surface area contributed by atoms with E-state index >= 15 is 0 Å². The van der Waals surface area contributed by atoms with Crippen molar-refractivity contribution in [2.75, 3.05) is 26.2 Å². The molecule has 0 saturated carbocycles. The number of aliphatic hydroxyl groups is 1. The van der Waals surface area contributed by atoms with Gasteiger partial charge in [-0.2, -0.15) is 0 Å². The maximum Gasteiger partial charge on any atom is 0.234 e. The standard InChI is InChI=1S/C8H16N2O2/c1-2-7(11)5-10-4-3-9-8(12)6-10/h7,11H,2-6H2,1H3,(H,9,12)/t7-/m1/s1. The molecule has 0 unspecified atom stereocenters. The lowest BCUT2D eigenvalue weighted by molar-refractivity contribution is -0.124. The van der Waals surface area contributed by atoms with Gasteiger partial charge in [-0.3, -0.25) is 9.69 Å². The fourth-order valence-corrected chi connectivity index (χ4v) is 1.27. The molecular formula is C8H16N2O2. The summed E-state index contributed by atoms with van der Waals surface area (Å²) in [5, 5.41) is 12.1. The largest absolute Gasteiger partial charge is 0.392 e. The Balaban J connectivity index is 2.27. The van der Waals surface area contributed by atoms with Gasteiger partial charge in [0.25, 0.3) is 0 Å². The zero-order valence-electron chi connectivity index (χ0n) is 7.42. The molecule has 1 amide bonds. The molecule has 12 heavy (non-hydrogen) atoms. The molecule has 1 heterocycles. The van der Waals surface area contributed by atoms with Crippen LogP contribution in [0.3, 0.4) is 0 Å². The van der Waals surface area contributed by atoms with Gasteiger partial charge in [0.05, 0.1) is 12.6 Å². The number of amides is 1. The molecule has 1 aliphatic rings. The summed E-state index contributed by atoms with van der Waals surface area (Å²) >= 11 is 0. The molecule has 1 atom stereocenters. The van der Waals surface area contributed by atoms with Gasteiger partial charge in [0.1, 0.15) is 0 Å². The number of aliphatic hydroxyl groups excluding tert-OH is 1. The number of piperazine rings is 1. The predicted molar refractivity (Wildman–Crippen MR) is 45.7 cm³/mol. The van der Waals surface area contributed by atoms with E-state index in [1.807, 2.05) is 11.8 Å². The Kier molecular flexibility index (Phi) is 3.49. The molecule has 1 aliphatic heterocycles. The highest BCUT2D eigenvalue weighted by Gasteiger charge is 2.17. The number of nitrogens with one attached hydrogen (secondary N) is 1. The molecule has 0 aromatic rings. The summed E-state index contributed by atoms with van der Waals surface area (Å²) in [7, 11) is 0. The van der Waals surface area contributed by atoms with E-state index in [-0.39, 0.29) is 12.0 Å². The molecule has 0 bridgehead atoms. The maximum absolute atomic E-state index is 10.9. The summed E-state index contributed by atoms with van der Waals surface area (Å²) < 4.78 is 0. The van der Waals surface area contributed by atoms with Crippen LogP contribution in [0, 0.1) is 0 Å². The molecule has 0 spiro atoms. The molecule has 2 N–H and O–H groups in total. The molecular weight excluding hydrogens is 156 g/mol. The van der Waals surface area contributed by atoms with E-state index in [4.69, 9.17) is 0 Å². The van der Waals surface area contributed by atoms with Gasteiger partial charge in [-0.05, 0) is 6.42 Å². The van der Waals surface area contributed by atoms with Gasteiger partial charge < -0.3 is 10.4 Å². The second kappa shape index (κ2) is 4.42. The average molecular weight is 172 g/mol. The molecule has 0 radical (unpaired) electrons. The van der Waals surface area contributed by atoms with Crippen molar-refractivity contribution in [1.29, 1.82) is 0 Å². The van der Waals surface area contributed by atoms with E-state index in [1.54, 1.807) is 0 Å². The van der Waals surface area contributed by atoms with E-state index in [0.29, 0.717) is 19.6 Å². The highest BCUT2D eigenvalue weighted by atomic mass is 16.3. The fraction of sp³-hybridized carbons (Fsp3) is 0.875. The summed E-state index contributed by atoms with van der Waals surface area (Å²) in [6, 6.07) is 0. The molecule has 70 valence electrons. The minimum atomic E-state index is -0.295. The third-order valence-corrected chi connectivity index (χ3v) is 2.06. The first-order chi connectivity index (χ1) is 5.72. The number of rotatable bonds is 3. The molecule has 0 aromatic heterocycles. The topological polar surface area (TPSA) is 52.6 Å². The lowest BCUT2D eigenvalue weighted by atomic mass is 10.2. The van der Waals surface area contributed by atoms with Crippen molar-refractivity contribution >= 4 is 5.91 Å². The van der Waals surface area contributed by atoms with Crippen LogP contribution in [0.2, 0.25) is 0 Å². The SMILES string of the molecule is CC[C@@H](O)CN1CCNC(=O)C1. The number of β-amino-alcohol motifs (C(OH)–C–C–N with tert-alkyl or cyclic N) is 1. The van der Waals surface area contributed by atoms with Crippen molar-refractivity contribution < 1.29 is 9.90 Å². The second-order valence-electron chi connectivity index (χ2n) is 3.15. The Morgan fingerprint density at radius 3 is 3.08 bits per heavy atom. The number of hydrogen-bond acceptors (Lipinski definition) is 3. The molecule has 1 saturated heterocycles. The van der Waals surface area contributed by atoms with Gasteiger partial charge in [0.2, 0.25) is 5.91 Å². The van der Waals surface area contributed by atoms with Crippen molar-refractivity contribution in [3.63, 3.8) is 0 Å². The quantitative estimate of drug-likeness (QED) is 0.585. The van der Waals surface area contributed by atoms with Crippen LogP contribution < -0.4 is 5.32 Å². The van der Waals surface area contributed by atoms with E-state index in [9.17, 15) is 9.90 Å². The number of nitrogens with zero attached hydrogens (tertiary/aromatic N) is 1. The zero-order chi connectivity index (χ0) is 8.97. The van der Waals surface area contributed by atoms with Crippen LogP contribution in [-0.4, -0.2) is 48.2 Å². The van der Waals surface area contributed by atoms with Crippen molar-refractivity contribution in [1.82, 2.24) is 10.2 Å². The Morgan fingerprint density at radius 1 is 1.75 bits per heavy atom. The van der Waals surface area contributed by atoms with E-state index in [0.717, 1.165) is 13.0 Å².